The number of hydrogen-bond acceptors (Lipinski definition) is 6. The average Bonchev–Trinajstić information content (AvgIpc) is 3.12. The largest absolute Gasteiger partial charge is 0.497 e. The molecule has 7 nitrogen and oxygen atoms in total. The smallest absolute Gasteiger partial charge is 0.232 e. The molecule has 1 aromatic carbocycles. The quantitative estimate of drug-likeness (QED) is 0.568. The number of ether oxygens (including phenoxy) is 1. The fourth-order valence-corrected chi connectivity index (χ4v) is 5.19. The van der Waals surface area contributed by atoms with Crippen molar-refractivity contribution in [2.24, 2.45) is 11.8 Å². The van der Waals surface area contributed by atoms with Crippen LogP contribution in [0.3, 0.4) is 0 Å². The SMILES string of the molecule is COc1ccc(CNC(=S)Nc2nc(N3CCCCCC3)cc(N3C[C@H](C)C[C@@H](C)C3)n2)cc1. The second-order valence-electron chi connectivity index (χ2n) is 9.82. The maximum absolute atomic E-state index is 5.59. The Hall–Kier alpha value is -2.61. The summed E-state index contributed by atoms with van der Waals surface area (Å²) >= 11 is 5.59. The highest BCUT2D eigenvalue weighted by Gasteiger charge is 2.24. The lowest BCUT2D eigenvalue weighted by Crippen LogP contribution is -2.39. The summed E-state index contributed by atoms with van der Waals surface area (Å²) in [6, 6.07) is 10.1. The molecule has 0 saturated carbocycles. The molecule has 34 heavy (non-hydrogen) atoms. The van der Waals surface area contributed by atoms with Crippen LogP contribution in [0.4, 0.5) is 17.6 Å². The minimum Gasteiger partial charge on any atom is -0.497 e. The van der Waals surface area contributed by atoms with E-state index >= 15 is 0 Å². The van der Waals surface area contributed by atoms with Gasteiger partial charge in [-0.05, 0) is 61.0 Å². The van der Waals surface area contributed by atoms with Crippen molar-refractivity contribution < 1.29 is 4.74 Å². The van der Waals surface area contributed by atoms with Crippen LogP contribution >= 0.6 is 12.2 Å². The standard InChI is InChI=1S/C26H38N6OS/c1-19-14-20(2)18-32(17-19)24-15-23(31-12-6-4-5-7-13-31)28-25(29-24)30-26(34)27-16-21-8-10-22(33-3)11-9-21/h8-11,15,19-20H,4-7,12-14,16-18H2,1-3H3,(H2,27,28,29,30,34)/t19-,20-/m1/s1. The topological polar surface area (TPSA) is 65.6 Å². The summed E-state index contributed by atoms with van der Waals surface area (Å²) in [4.78, 5) is 14.6. The highest BCUT2D eigenvalue weighted by atomic mass is 32.1. The van der Waals surface area contributed by atoms with Gasteiger partial charge in [0.25, 0.3) is 0 Å². The predicted octanol–water partition coefficient (Wildman–Crippen LogP) is 4.83. The first-order valence-electron chi connectivity index (χ1n) is 12.6. The molecule has 3 heterocycles. The van der Waals surface area contributed by atoms with Gasteiger partial charge < -0.3 is 25.2 Å². The minimum atomic E-state index is 0.523. The van der Waals surface area contributed by atoms with Crippen LogP contribution < -0.4 is 25.2 Å². The number of benzene rings is 1. The summed E-state index contributed by atoms with van der Waals surface area (Å²) in [6.45, 7) is 9.43. The van der Waals surface area contributed by atoms with E-state index in [0.29, 0.717) is 29.4 Å². The van der Waals surface area contributed by atoms with Crippen LogP contribution in [0.1, 0.15) is 51.5 Å². The molecule has 2 N–H and O–H groups in total. The van der Waals surface area contributed by atoms with Crippen molar-refractivity contribution in [3.05, 3.63) is 35.9 Å². The third kappa shape index (κ3) is 6.72. The molecular weight excluding hydrogens is 444 g/mol. The maximum Gasteiger partial charge on any atom is 0.232 e. The molecule has 0 amide bonds. The highest BCUT2D eigenvalue weighted by Crippen LogP contribution is 2.29. The molecule has 2 aliphatic heterocycles. The Morgan fingerprint density at radius 2 is 1.59 bits per heavy atom. The zero-order valence-corrected chi connectivity index (χ0v) is 21.5. The summed E-state index contributed by atoms with van der Waals surface area (Å²) < 4.78 is 5.23. The Labute approximate surface area is 209 Å². The van der Waals surface area contributed by atoms with E-state index in [2.05, 4.69) is 40.3 Å². The Morgan fingerprint density at radius 3 is 2.21 bits per heavy atom. The van der Waals surface area contributed by atoms with E-state index in [-0.39, 0.29) is 0 Å². The van der Waals surface area contributed by atoms with Gasteiger partial charge in [0, 0.05) is 38.8 Å². The van der Waals surface area contributed by atoms with E-state index < -0.39 is 0 Å². The normalized spacial score (nSPS) is 21.0. The summed E-state index contributed by atoms with van der Waals surface area (Å²) in [6.07, 6.45) is 6.27. The predicted molar refractivity (Wildman–Crippen MR) is 144 cm³/mol. The Bertz CT molecular complexity index is 935. The molecule has 2 saturated heterocycles. The van der Waals surface area contributed by atoms with Gasteiger partial charge in [-0.25, -0.2) is 0 Å². The number of hydrogen-bond donors (Lipinski definition) is 2. The van der Waals surface area contributed by atoms with Crippen molar-refractivity contribution >= 4 is 34.9 Å². The number of piperidine rings is 1. The van der Waals surface area contributed by atoms with Gasteiger partial charge in [0.15, 0.2) is 5.11 Å². The van der Waals surface area contributed by atoms with Gasteiger partial charge in [-0.3, -0.25) is 0 Å². The Balaban J connectivity index is 1.49. The number of rotatable bonds is 6. The molecule has 2 aromatic rings. The molecule has 2 aliphatic rings. The summed E-state index contributed by atoms with van der Waals surface area (Å²) in [5, 5.41) is 7.05. The van der Waals surface area contributed by atoms with Crippen LogP contribution in [0.2, 0.25) is 0 Å². The van der Waals surface area contributed by atoms with Crippen molar-refractivity contribution in [2.45, 2.75) is 52.5 Å². The Morgan fingerprint density at radius 1 is 0.971 bits per heavy atom. The third-order valence-electron chi connectivity index (χ3n) is 6.66. The number of anilines is 3. The number of methoxy groups -OCH3 is 1. The van der Waals surface area contributed by atoms with E-state index in [1.807, 2.05) is 24.3 Å². The molecule has 0 unspecified atom stereocenters. The number of nitrogens with zero attached hydrogens (tertiary/aromatic N) is 4. The summed E-state index contributed by atoms with van der Waals surface area (Å²) in [5.74, 6) is 4.71. The summed E-state index contributed by atoms with van der Waals surface area (Å²) in [5.41, 5.74) is 1.13. The molecule has 8 heteroatoms. The zero-order chi connectivity index (χ0) is 23.9. The lowest BCUT2D eigenvalue weighted by atomic mass is 9.92. The second-order valence-corrected chi connectivity index (χ2v) is 10.2. The van der Waals surface area contributed by atoms with Crippen LogP contribution in [0, 0.1) is 11.8 Å². The van der Waals surface area contributed by atoms with Crippen LogP contribution in [0.25, 0.3) is 0 Å². The van der Waals surface area contributed by atoms with Crippen molar-refractivity contribution in [1.82, 2.24) is 15.3 Å². The van der Waals surface area contributed by atoms with Crippen LogP contribution in [-0.2, 0) is 6.54 Å². The van der Waals surface area contributed by atoms with Gasteiger partial charge in [0.2, 0.25) is 5.95 Å². The van der Waals surface area contributed by atoms with Crippen LogP contribution in [0.5, 0.6) is 5.75 Å². The van der Waals surface area contributed by atoms with Crippen LogP contribution in [0.15, 0.2) is 30.3 Å². The molecule has 2 fully saturated rings. The molecule has 4 rings (SSSR count). The lowest BCUT2D eigenvalue weighted by Gasteiger charge is -2.36. The van der Waals surface area contributed by atoms with Crippen molar-refractivity contribution in [3.63, 3.8) is 0 Å². The van der Waals surface area contributed by atoms with Gasteiger partial charge >= 0.3 is 0 Å². The lowest BCUT2D eigenvalue weighted by molar-refractivity contribution is 0.355. The Kier molecular flexibility index (Phi) is 8.43. The first kappa shape index (κ1) is 24.5. The van der Waals surface area contributed by atoms with Crippen molar-refractivity contribution in [1.29, 1.82) is 0 Å². The zero-order valence-electron chi connectivity index (χ0n) is 20.7. The number of aromatic nitrogens is 2. The fourth-order valence-electron chi connectivity index (χ4n) is 5.02. The fraction of sp³-hybridized carbons (Fsp3) is 0.577. The van der Waals surface area contributed by atoms with E-state index in [1.165, 1.54) is 32.1 Å². The summed E-state index contributed by atoms with van der Waals surface area (Å²) in [7, 11) is 1.67. The third-order valence-corrected chi connectivity index (χ3v) is 6.91. The van der Waals surface area contributed by atoms with Crippen molar-refractivity contribution in [3.8, 4) is 5.75 Å². The highest BCUT2D eigenvalue weighted by molar-refractivity contribution is 7.80. The molecule has 184 valence electrons. The van der Waals surface area contributed by atoms with E-state index in [4.69, 9.17) is 26.9 Å². The monoisotopic (exact) mass is 482 g/mol. The molecule has 2 atom stereocenters. The van der Waals surface area contributed by atoms with Gasteiger partial charge in [0.1, 0.15) is 17.4 Å². The van der Waals surface area contributed by atoms with Gasteiger partial charge in [-0.15, -0.1) is 0 Å². The molecule has 0 bridgehead atoms. The van der Waals surface area contributed by atoms with E-state index in [9.17, 15) is 0 Å². The minimum absolute atomic E-state index is 0.523. The average molecular weight is 483 g/mol. The number of nitrogens with one attached hydrogen (secondary N) is 2. The first-order valence-corrected chi connectivity index (χ1v) is 13.0. The van der Waals surface area contributed by atoms with Crippen molar-refractivity contribution in [2.75, 3.05) is 48.4 Å². The van der Waals surface area contributed by atoms with Crippen LogP contribution in [-0.4, -0.2) is 48.4 Å². The first-order chi connectivity index (χ1) is 16.5. The van der Waals surface area contributed by atoms with E-state index in [1.54, 1.807) is 7.11 Å². The second kappa shape index (κ2) is 11.7. The van der Waals surface area contributed by atoms with Gasteiger partial charge in [-0.2, -0.15) is 9.97 Å². The maximum atomic E-state index is 5.59. The number of thiocarbonyl (C=S) groups is 1. The van der Waals surface area contributed by atoms with E-state index in [0.717, 1.165) is 49.1 Å². The van der Waals surface area contributed by atoms with Gasteiger partial charge in [0.05, 0.1) is 7.11 Å². The molecule has 0 radical (unpaired) electrons. The van der Waals surface area contributed by atoms with Gasteiger partial charge in [-0.1, -0.05) is 38.8 Å². The molecule has 1 aromatic heterocycles. The molecule has 0 aliphatic carbocycles. The molecule has 0 spiro atoms. The molecular formula is C26H38N6OS.